The van der Waals surface area contributed by atoms with E-state index < -0.39 is 0 Å². The zero-order chi connectivity index (χ0) is 8.27. The molecule has 0 bridgehead atoms. The molecule has 0 unspecified atom stereocenters. The summed E-state index contributed by atoms with van der Waals surface area (Å²) in [5.41, 5.74) is 0.818. The molecule has 0 fully saturated rings. The molecule has 0 aromatic carbocycles. The van der Waals surface area contributed by atoms with Crippen molar-refractivity contribution in [1.82, 2.24) is 9.97 Å². The summed E-state index contributed by atoms with van der Waals surface area (Å²) >= 11 is 5.77. The molecule has 0 saturated carbocycles. The van der Waals surface area contributed by atoms with Crippen LogP contribution in [0.15, 0.2) is 6.20 Å². The van der Waals surface area contributed by atoms with Crippen molar-refractivity contribution in [3.05, 3.63) is 16.9 Å². The molecule has 1 aromatic rings. The maximum absolute atomic E-state index is 5.77. The van der Waals surface area contributed by atoms with Crippen molar-refractivity contribution in [2.24, 2.45) is 0 Å². The third kappa shape index (κ3) is 1.80. The van der Waals surface area contributed by atoms with Gasteiger partial charge in [-0.25, -0.2) is 4.98 Å². The maximum Gasteiger partial charge on any atom is 0.316 e. The van der Waals surface area contributed by atoms with Crippen molar-refractivity contribution in [3.63, 3.8) is 0 Å². The predicted molar refractivity (Wildman–Crippen MR) is 43.0 cm³/mol. The number of ether oxygens (including phenoxy) is 1. The van der Waals surface area contributed by atoms with Gasteiger partial charge in [-0.3, -0.25) is 0 Å². The molecule has 60 valence electrons. The van der Waals surface area contributed by atoms with Crippen molar-refractivity contribution in [1.29, 1.82) is 0 Å². The Labute approximate surface area is 70.4 Å². The fraction of sp³-hybridized carbons (Fsp3) is 0.429. The molecule has 1 aromatic heterocycles. The van der Waals surface area contributed by atoms with Crippen molar-refractivity contribution in [3.8, 4) is 6.01 Å². The number of halogens is 1. The van der Waals surface area contributed by atoms with Crippen LogP contribution >= 0.6 is 11.6 Å². The largest absolute Gasteiger partial charge is 0.467 e. The third-order valence-corrected chi connectivity index (χ3v) is 1.63. The van der Waals surface area contributed by atoms with Gasteiger partial charge in [-0.2, -0.15) is 4.98 Å². The highest BCUT2D eigenvalue weighted by molar-refractivity contribution is 6.31. The van der Waals surface area contributed by atoms with Gasteiger partial charge >= 0.3 is 6.01 Å². The van der Waals surface area contributed by atoms with E-state index in [0.717, 1.165) is 12.1 Å². The minimum atomic E-state index is 0.367. The van der Waals surface area contributed by atoms with Crippen molar-refractivity contribution in [2.45, 2.75) is 13.3 Å². The van der Waals surface area contributed by atoms with Crippen molar-refractivity contribution < 1.29 is 4.74 Å². The summed E-state index contributed by atoms with van der Waals surface area (Å²) in [6, 6.07) is 0.367. The Morgan fingerprint density at radius 3 is 2.91 bits per heavy atom. The van der Waals surface area contributed by atoms with Crippen LogP contribution in [-0.4, -0.2) is 17.1 Å². The number of hydrogen-bond acceptors (Lipinski definition) is 3. The first kappa shape index (κ1) is 8.27. The Kier molecular flexibility index (Phi) is 2.65. The van der Waals surface area contributed by atoms with Crippen LogP contribution in [0.5, 0.6) is 6.01 Å². The van der Waals surface area contributed by atoms with Crippen LogP contribution in [0.3, 0.4) is 0 Å². The van der Waals surface area contributed by atoms with E-state index in [0.29, 0.717) is 11.0 Å². The summed E-state index contributed by atoms with van der Waals surface area (Å²) in [6.07, 6.45) is 2.34. The Hall–Kier alpha value is -0.830. The lowest BCUT2D eigenvalue weighted by molar-refractivity contribution is 0.378. The molecule has 0 aliphatic rings. The minimum Gasteiger partial charge on any atom is -0.467 e. The van der Waals surface area contributed by atoms with Gasteiger partial charge in [0.1, 0.15) is 0 Å². The molecule has 0 saturated heterocycles. The summed E-state index contributed by atoms with van der Waals surface area (Å²) in [5.74, 6) is 0. The van der Waals surface area contributed by atoms with Gasteiger partial charge in [0, 0.05) is 0 Å². The average Bonchev–Trinajstić information content (AvgIpc) is 2.05. The average molecular weight is 173 g/mol. The third-order valence-electron chi connectivity index (χ3n) is 1.31. The molecule has 0 spiro atoms. The molecular weight excluding hydrogens is 164 g/mol. The Morgan fingerprint density at radius 1 is 1.64 bits per heavy atom. The molecule has 11 heavy (non-hydrogen) atoms. The van der Waals surface area contributed by atoms with Gasteiger partial charge in [-0.05, 0) is 6.42 Å². The highest BCUT2D eigenvalue weighted by Crippen LogP contribution is 2.14. The van der Waals surface area contributed by atoms with Crippen LogP contribution in [0.4, 0.5) is 0 Å². The van der Waals surface area contributed by atoms with Crippen LogP contribution in [0, 0.1) is 0 Å². The monoisotopic (exact) mass is 172 g/mol. The SMILES string of the molecule is CCc1nc(OC)ncc1Cl. The number of nitrogens with zero attached hydrogens (tertiary/aromatic N) is 2. The Balaban J connectivity index is 3.02. The molecule has 1 rings (SSSR count). The minimum absolute atomic E-state index is 0.367. The molecule has 0 atom stereocenters. The van der Waals surface area contributed by atoms with Gasteiger partial charge in [0.25, 0.3) is 0 Å². The van der Waals surface area contributed by atoms with Gasteiger partial charge in [-0.1, -0.05) is 18.5 Å². The molecule has 3 nitrogen and oxygen atoms in total. The Morgan fingerprint density at radius 2 is 2.36 bits per heavy atom. The van der Waals surface area contributed by atoms with Gasteiger partial charge in [0.2, 0.25) is 0 Å². The molecule has 0 aliphatic carbocycles. The van der Waals surface area contributed by atoms with Crippen LogP contribution < -0.4 is 4.74 Å². The number of aromatic nitrogens is 2. The summed E-state index contributed by atoms with van der Waals surface area (Å²) in [4.78, 5) is 7.88. The lowest BCUT2D eigenvalue weighted by Crippen LogP contribution is -1.95. The zero-order valence-corrected chi connectivity index (χ0v) is 7.22. The first-order valence-corrected chi connectivity index (χ1v) is 3.71. The van der Waals surface area contributed by atoms with E-state index in [2.05, 4.69) is 9.97 Å². The van der Waals surface area contributed by atoms with Crippen LogP contribution in [0.1, 0.15) is 12.6 Å². The second kappa shape index (κ2) is 3.53. The first-order valence-electron chi connectivity index (χ1n) is 3.33. The number of rotatable bonds is 2. The summed E-state index contributed by atoms with van der Waals surface area (Å²) in [6.45, 7) is 1.98. The molecule has 4 heteroatoms. The smallest absolute Gasteiger partial charge is 0.316 e. The lowest BCUT2D eigenvalue weighted by Gasteiger charge is -2.00. The van der Waals surface area contributed by atoms with E-state index >= 15 is 0 Å². The molecular formula is C7H9ClN2O. The van der Waals surface area contributed by atoms with Crippen molar-refractivity contribution >= 4 is 11.6 Å². The van der Waals surface area contributed by atoms with E-state index in [1.165, 1.54) is 7.11 Å². The van der Waals surface area contributed by atoms with E-state index in [1.807, 2.05) is 6.92 Å². The van der Waals surface area contributed by atoms with Gasteiger partial charge in [-0.15, -0.1) is 0 Å². The number of hydrogen-bond donors (Lipinski definition) is 0. The second-order valence-corrected chi connectivity index (χ2v) is 2.41. The fourth-order valence-corrected chi connectivity index (χ4v) is 0.955. The molecule has 0 aliphatic heterocycles. The van der Waals surface area contributed by atoms with Gasteiger partial charge in [0.15, 0.2) is 0 Å². The quantitative estimate of drug-likeness (QED) is 0.681. The summed E-state index contributed by atoms with van der Waals surface area (Å²) < 4.78 is 4.83. The second-order valence-electron chi connectivity index (χ2n) is 2.00. The predicted octanol–water partition coefficient (Wildman–Crippen LogP) is 1.70. The standard InChI is InChI=1S/C7H9ClN2O/c1-3-6-5(8)4-9-7(10-6)11-2/h4H,3H2,1-2H3. The molecule has 0 N–H and O–H groups in total. The summed E-state index contributed by atoms with van der Waals surface area (Å²) in [5, 5.41) is 0.591. The van der Waals surface area contributed by atoms with Crippen LogP contribution in [-0.2, 0) is 6.42 Å². The highest BCUT2D eigenvalue weighted by Gasteiger charge is 2.01. The van der Waals surface area contributed by atoms with Crippen molar-refractivity contribution in [2.75, 3.05) is 7.11 Å². The van der Waals surface area contributed by atoms with E-state index in [9.17, 15) is 0 Å². The van der Waals surface area contributed by atoms with Gasteiger partial charge < -0.3 is 4.74 Å². The molecule has 1 heterocycles. The molecule has 0 radical (unpaired) electrons. The van der Waals surface area contributed by atoms with Crippen LogP contribution in [0.2, 0.25) is 5.02 Å². The zero-order valence-electron chi connectivity index (χ0n) is 6.47. The molecule has 0 amide bonds. The van der Waals surface area contributed by atoms with Crippen LogP contribution in [0.25, 0.3) is 0 Å². The fourth-order valence-electron chi connectivity index (χ4n) is 0.730. The van der Waals surface area contributed by atoms with E-state index in [-0.39, 0.29) is 0 Å². The van der Waals surface area contributed by atoms with E-state index in [4.69, 9.17) is 16.3 Å². The van der Waals surface area contributed by atoms with E-state index in [1.54, 1.807) is 6.20 Å². The Bertz CT molecular complexity index is 252. The first-order chi connectivity index (χ1) is 5.27. The normalized spacial score (nSPS) is 9.73. The topological polar surface area (TPSA) is 35.0 Å². The maximum atomic E-state index is 5.77. The number of aryl methyl sites for hydroxylation is 1. The highest BCUT2D eigenvalue weighted by atomic mass is 35.5. The number of methoxy groups -OCH3 is 1. The lowest BCUT2D eigenvalue weighted by atomic mass is 10.3. The van der Waals surface area contributed by atoms with Gasteiger partial charge in [0.05, 0.1) is 24.0 Å². The summed E-state index contributed by atoms with van der Waals surface area (Å²) in [7, 11) is 1.53.